The van der Waals surface area contributed by atoms with Crippen molar-refractivity contribution in [2.75, 3.05) is 18.6 Å². The summed E-state index contributed by atoms with van der Waals surface area (Å²) in [6, 6.07) is 11.6. The molecule has 130 valence electrons. The molecule has 0 aliphatic rings. The minimum Gasteiger partial charge on any atom is -0.464 e. The second kappa shape index (κ2) is 7.11. The van der Waals surface area contributed by atoms with Crippen molar-refractivity contribution in [1.29, 1.82) is 0 Å². The van der Waals surface area contributed by atoms with Crippen LogP contribution in [0.3, 0.4) is 0 Å². The average molecular weight is 356 g/mol. The van der Waals surface area contributed by atoms with E-state index in [1.807, 2.05) is 49.6 Å². The maximum Gasteiger partial charge on any atom is 0.354 e. The van der Waals surface area contributed by atoms with Crippen LogP contribution in [0.1, 0.15) is 23.0 Å². The third-order valence-corrected chi connectivity index (χ3v) is 5.07. The summed E-state index contributed by atoms with van der Waals surface area (Å²) in [7, 11) is 1.35. The predicted molar refractivity (Wildman–Crippen MR) is 100 cm³/mol. The number of amides is 1. The number of carbonyl (C=O) groups excluding carboxylic acids is 2. The van der Waals surface area contributed by atoms with Crippen LogP contribution in [0, 0.1) is 6.92 Å². The lowest BCUT2D eigenvalue weighted by Gasteiger charge is -2.22. The van der Waals surface area contributed by atoms with Gasteiger partial charge in [-0.1, -0.05) is 12.1 Å². The van der Waals surface area contributed by atoms with E-state index in [0.29, 0.717) is 12.2 Å². The van der Waals surface area contributed by atoms with Crippen molar-refractivity contribution in [3.05, 3.63) is 53.0 Å². The number of benzene rings is 1. The third kappa shape index (κ3) is 3.30. The minimum atomic E-state index is -0.435. The Morgan fingerprint density at radius 3 is 2.72 bits per heavy atom. The van der Waals surface area contributed by atoms with Crippen molar-refractivity contribution in [1.82, 2.24) is 4.57 Å². The van der Waals surface area contributed by atoms with Gasteiger partial charge in [-0.05, 0) is 49.1 Å². The Bertz CT molecular complexity index is 926. The van der Waals surface area contributed by atoms with Crippen LogP contribution in [0.2, 0.25) is 0 Å². The molecule has 0 atom stereocenters. The number of methoxy groups -OCH3 is 1. The molecule has 0 aliphatic heterocycles. The molecule has 2 heterocycles. The Morgan fingerprint density at radius 1 is 1.24 bits per heavy atom. The third-order valence-electron chi connectivity index (χ3n) is 4.12. The number of aromatic nitrogens is 1. The molecule has 6 heteroatoms. The number of carbonyl (C=O) groups is 2. The van der Waals surface area contributed by atoms with Gasteiger partial charge in [0.25, 0.3) is 0 Å². The van der Waals surface area contributed by atoms with Crippen LogP contribution in [0.5, 0.6) is 0 Å². The topological polar surface area (TPSA) is 51.5 Å². The van der Waals surface area contributed by atoms with Gasteiger partial charge >= 0.3 is 5.97 Å². The Hall–Kier alpha value is -2.60. The molecule has 3 aromatic rings. The molecule has 0 aliphatic carbocycles. The molecular formula is C19H20N2O3S. The number of hydrogen-bond acceptors (Lipinski definition) is 4. The van der Waals surface area contributed by atoms with Gasteiger partial charge in [-0.2, -0.15) is 0 Å². The summed E-state index contributed by atoms with van der Waals surface area (Å²) in [5, 5.41) is 2.89. The number of hydrogen-bond donors (Lipinski definition) is 0. The fourth-order valence-electron chi connectivity index (χ4n) is 2.93. The van der Waals surface area contributed by atoms with E-state index < -0.39 is 5.97 Å². The quantitative estimate of drug-likeness (QED) is 0.653. The van der Waals surface area contributed by atoms with Gasteiger partial charge in [-0.25, -0.2) is 4.79 Å². The zero-order valence-corrected chi connectivity index (χ0v) is 15.3. The van der Waals surface area contributed by atoms with Crippen molar-refractivity contribution >= 4 is 39.1 Å². The number of ether oxygens (including phenoxy) is 1. The number of thiophene rings is 1. The summed E-state index contributed by atoms with van der Waals surface area (Å²) in [6.07, 6.45) is 0. The largest absolute Gasteiger partial charge is 0.464 e. The highest BCUT2D eigenvalue weighted by Crippen LogP contribution is 2.26. The zero-order valence-electron chi connectivity index (χ0n) is 14.5. The van der Waals surface area contributed by atoms with E-state index in [4.69, 9.17) is 4.74 Å². The Morgan fingerprint density at radius 2 is 2.04 bits per heavy atom. The van der Waals surface area contributed by atoms with E-state index in [-0.39, 0.29) is 12.5 Å². The van der Waals surface area contributed by atoms with E-state index >= 15 is 0 Å². The molecular weight excluding hydrogens is 336 g/mol. The normalized spacial score (nSPS) is 10.8. The van der Waals surface area contributed by atoms with Crippen molar-refractivity contribution in [3.63, 3.8) is 0 Å². The monoisotopic (exact) mass is 356 g/mol. The van der Waals surface area contributed by atoms with E-state index in [2.05, 4.69) is 0 Å². The summed E-state index contributed by atoms with van der Waals surface area (Å²) >= 11 is 1.51. The number of aryl methyl sites for hydroxylation is 1. The molecule has 0 saturated heterocycles. The fraction of sp³-hybridized carbons (Fsp3) is 0.263. The lowest BCUT2D eigenvalue weighted by molar-refractivity contribution is -0.119. The highest BCUT2D eigenvalue weighted by atomic mass is 32.1. The van der Waals surface area contributed by atoms with Gasteiger partial charge in [0.2, 0.25) is 5.91 Å². The first kappa shape index (κ1) is 17.2. The molecule has 0 radical (unpaired) electrons. The van der Waals surface area contributed by atoms with Crippen molar-refractivity contribution in [3.8, 4) is 0 Å². The first-order valence-corrected chi connectivity index (χ1v) is 8.95. The van der Waals surface area contributed by atoms with Gasteiger partial charge in [-0.3, -0.25) is 4.79 Å². The molecule has 0 spiro atoms. The molecule has 1 amide bonds. The molecule has 0 fully saturated rings. The second-order valence-electron chi connectivity index (χ2n) is 5.77. The maximum absolute atomic E-state index is 12.9. The van der Waals surface area contributed by atoms with Crippen LogP contribution in [-0.2, 0) is 16.1 Å². The lowest BCUT2D eigenvalue weighted by atomic mass is 10.2. The van der Waals surface area contributed by atoms with Gasteiger partial charge in [0, 0.05) is 17.6 Å². The smallest absolute Gasteiger partial charge is 0.354 e. The van der Waals surface area contributed by atoms with E-state index in [0.717, 1.165) is 21.5 Å². The van der Waals surface area contributed by atoms with Crippen LogP contribution in [-0.4, -0.2) is 30.1 Å². The average Bonchev–Trinajstić information content (AvgIpc) is 3.17. The maximum atomic E-state index is 12.9. The van der Waals surface area contributed by atoms with Gasteiger partial charge in [-0.15, -0.1) is 11.3 Å². The summed E-state index contributed by atoms with van der Waals surface area (Å²) in [6.45, 7) is 4.59. The molecule has 25 heavy (non-hydrogen) atoms. The van der Waals surface area contributed by atoms with E-state index in [1.54, 1.807) is 15.5 Å². The van der Waals surface area contributed by atoms with Crippen LogP contribution in [0.15, 0.2) is 41.8 Å². The molecule has 5 nitrogen and oxygen atoms in total. The lowest BCUT2D eigenvalue weighted by Crippen LogP contribution is -2.34. The minimum absolute atomic E-state index is 0.0656. The molecule has 1 aromatic carbocycles. The predicted octanol–water partition coefficient (Wildman–Crippen LogP) is 3.85. The van der Waals surface area contributed by atoms with Crippen LogP contribution < -0.4 is 4.90 Å². The fourth-order valence-corrected chi connectivity index (χ4v) is 3.82. The number of esters is 1. The van der Waals surface area contributed by atoms with Crippen molar-refractivity contribution in [2.45, 2.75) is 20.4 Å². The Kier molecular flexibility index (Phi) is 4.90. The van der Waals surface area contributed by atoms with Crippen molar-refractivity contribution < 1.29 is 14.3 Å². The van der Waals surface area contributed by atoms with E-state index in [1.165, 1.54) is 18.4 Å². The van der Waals surface area contributed by atoms with Crippen molar-refractivity contribution in [2.24, 2.45) is 0 Å². The van der Waals surface area contributed by atoms with Gasteiger partial charge in [0.1, 0.15) is 17.1 Å². The molecule has 2 aromatic heterocycles. The highest BCUT2D eigenvalue weighted by molar-refractivity contribution is 7.16. The summed E-state index contributed by atoms with van der Waals surface area (Å²) in [5.74, 6) is -0.501. The zero-order chi connectivity index (χ0) is 18.0. The van der Waals surface area contributed by atoms with Gasteiger partial charge in [0.05, 0.1) is 7.11 Å². The van der Waals surface area contributed by atoms with Crippen LogP contribution >= 0.6 is 11.3 Å². The summed E-state index contributed by atoms with van der Waals surface area (Å²) < 4.78 is 6.61. The Labute approximate surface area is 150 Å². The number of likely N-dealkylation sites (N-methyl/N-ethyl adjacent to an activating group) is 1. The SMILES string of the molecule is CCN(C(=O)Cn1c(C(=O)OC)cc2ccsc21)c1cccc(C)c1. The van der Waals surface area contributed by atoms with Gasteiger partial charge in [0.15, 0.2) is 0 Å². The Balaban J connectivity index is 1.95. The first-order chi connectivity index (χ1) is 12.0. The first-order valence-electron chi connectivity index (χ1n) is 8.07. The van der Waals surface area contributed by atoms with Crippen LogP contribution in [0.4, 0.5) is 5.69 Å². The second-order valence-corrected chi connectivity index (χ2v) is 6.66. The summed E-state index contributed by atoms with van der Waals surface area (Å²) in [5.41, 5.74) is 2.36. The van der Waals surface area contributed by atoms with E-state index in [9.17, 15) is 9.59 Å². The molecule has 0 bridgehead atoms. The standard InChI is InChI=1S/C19H20N2O3S/c1-4-20(15-7-5-6-13(2)10-15)17(22)12-21-16(19(23)24-3)11-14-8-9-25-18(14)21/h5-11H,4,12H2,1-3H3. The van der Waals surface area contributed by atoms with Gasteiger partial charge < -0.3 is 14.2 Å². The number of fused-ring (bicyclic) bond motifs is 1. The summed E-state index contributed by atoms with van der Waals surface area (Å²) in [4.78, 5) is 27.6. The number of rotatable bonds is 5. The molecule has 0 N–H and O–H groups in total. The molecule has 0 saturated carbocycles. The number of nitrogens with zero attached hydrogens (tertiary/aromatic N) is 2. The molecule has 0 unspecified atom stereocenters. The number of anilines is 1. The highest BCUT2D eigenvalue weighted by Gasteiger charge is 2.21. The molecule has 3 rings (SSSR count). The van der Waals surface area contributed by atoms with Crippen LogP contribution in [0.25, 0.3) is 10.2 Å².